The standard InChI is InChI=1S/C6H12Br2/c1-6(8)4-2-3-5-7/h6H,2-5H2,1H3/t6-/m0/s1. The van der Waals surface area contributed by atoms with Gasteiger partial charge in [0.15, 0.2) is 0 Å². The van der Waals surface area contributed by atoms with Gasteiger partial charge in [-0.1, -0.05) is 45.2 Å². The van der Waals surface area contributed by atoms with Crippen LogP contribution in [0.5, 0.6) is 0 Å². The smallest absolute Gasteiger partial charge is 0.0117 e. The maximum Gasteiger partial charge on any atom is 0.0117 e. The Labute approximate surface area is 68.3 Å². The molecule has 0 fully saturated rings. The van der Waals surface area contributed by atoms with Gasteiger partial charge in [0.05, 0.1) is 0 Å². The molecule has 0 N–H and O–H groups in total. The Balaban J connectivity index is 2.72. The topological polar surface area (TPSA) is 0 Å². The molecule has 0 saturated heterocycles. The fourth-order valence-corrected chi connectivity index (χ4v) is 1.24. The van der Waals surface area contributed by atoms with Gasteiger partial charge < -0.3 is 0 Å². The molecule has 0 aromatic carbocycles. The van der Waals surface area contributed by atoms with E-state index < -0.39 is 0 Å². The first-order valence-electron chi connectivity index (χ1n) is 2.97. The third-order valence-electron chi connectivity index (χ3n) is 0.986. The molecule has 0 bridgehead atoms. The third kappa shape index (κ3) is 6.96. The van der Waals surface area contributed by atoms with E-state index in [-0.39, 0.29) is 0 Å². The lowest BCUT2D eigenvalue weighted by Gasteiger charge is -1.98. The summed E-state index contributed by atoms with van der Waals surface area (Å²) < 4.78 is 0. The van der Waals surface area contributed by atoms with Gasteiger partial charge in [0.2, 0.25) is 0 Å². The minimum atomic E-state index is 0.696. The molecule has 0 radical (unpaired) electrons. The SMILES string of the molecule is C[C@H](Br)CCCCBr. The molecule has 50 valence electrons. The lowest BCUT2D eigenvalue weighted by molar-refractivity contribution is 0.726. The number of unbranched alkanes of at least 4 members (excludes halogenated alkanes) is 1. The lowest BCUT2D eigenvalue weighted by Crippen LogP contribution is -1.88. The number of hydrogen-bond donors (Lipinski definition) is 0. The van der Waals surface area contributed by atoms with Crippen LogP contribution >= 0.6 is 31.9 Å². The van der Waals surface area contributed by atoms with Gasteiger partial charge in [-0.15, -0.1) is 0 Å². The van der Waals surface area contributed by atoms with Crippen LogP contribution < -0.4 is 0 Å². The van der Waals surface area contributed by atoms with Crippen molar-refractivity contribution in [1.29, 1.82) is 0 Å². The Morgan fingerprint density at radius 2 is 2.00 bits per heavy atom. The number of rotatable bonds is 4. The summed E-state index contributed by atoms with van der Waals surface area (Å²) in [6.07, 6.45) is 3.93. The zero-order valence-electron chi connectivity index (χ0n) is 5.16. The van der Waals surface area contributed by atoms with Crippen LogP contribution in [0.15, 0.2) is 0 Å². The van der Waals surface area contributed by atoms with Crippen LogP contribution in [-0.2, 0) is 0 Å². The highest BCUT2D eigenvalue weighted by molar-refractivity contribution is 9.09. The summed E-state index contributed by atoms with van der Waals surface area (Å²) in [5, 5.41) is 1.15. The van der Waals surface area contributed by atoms with Gasteiger partial charge in [0, 0.05) is 10.2 Å². The van der Waals surface area contributed by atoms with E-state index in [0.29, 0.717) is 4.83 Å². The highest BCUT2D eigenvalue weighted by Gasteiger charge is 1.92. The second-order valence-electron chi connectivity index (χ2n) is 1.97. The van der Waals surface area contributed by atoms with Crippen molar-refractivity contribution < 1.29 is 0 Å². The molecule has 1 atom stereocenters. The van der Waals surface area contributed by atoms with Crippen LogP contribution in [0.3, 0.4) is 0 Å². The van der Waals surface area contributed by atoms with Crippen molar-refractivity contribution in [2.45, 2.75) is 31.0 Å². The second kappa shape index (κ2) is 6.09. The summed E-state index contributed by atoms with van der Waals surface area (Å²) in [6, 6.07) is 0. The van der Waals surface area contributed by atoms with E-state index in [4.69, 9.17) is 0 Å². The van der Waals surface area contributed by atoms with Gasteiger partial charge >= 0.3 is 0 Å². The van der Waals surface area contributed by atoms with E-state index in [0.717, 1.165) is 5.33 Å². The molecule has 0 spiro atoms. The van der Waals surface area contributed by atoms with E-state index in [1.54, 1.807) is 0 Å². The largest absolute Gasteiger partial charge is 0.0928 e. The lowest BCUT2D eigenvalue weighted by atomic mass is 10.2. The Morgan fingerprint density at radius 1 is 1.38 bits per heavy atom. The van der Waals surface area contributed by atoms with Gasteiger partial charge in [-0.3, -0.25) is 0 Å². The molecule has 0 aromatic heterocycles. The summed E-state index contributed by atoms with van der Waals surface area (Å²) in [6.45, 7) is 2.19. The van der Waals surface area contributed by atoms with Crippen molar-refractivity contribution in [2.75, 3.05) is 5.33 Å². The summed E-state index contributed by atoms with van der Waals surface area (Å²) in [4.78, 5) is 0.696. The normalized spacial score (nSPS) is 13.9. The van der Waals surface area contributed by atoms with Gasteiger partial charge in [-0.05, 0) is 12.8 Å². The van der Waals surface area contributed by atoms with Crippen molar-refractivity contribution in [3.63, 3.8) is 0 Å². The van der Waals surface area contributed by atoms with Crippen LogP contribution in [0.1, 0.15) is 26.2 Å². The Kier molecular flexibility index (Phi) is 6.82. The number of halogens is 2. The van der Waals surface area contributed by atoms with Gasteiger partial charge in [0.25, 0.3) is 0 Å². The van der Waals surface area contributed by atoms with E-state index in [1.807, 2.05) is 0 Å². The average Bonchev–Trinajstić information content (AvgIpc) is 1.66. The maximum atomic E-state index is 3.49. The molecule has 0 amide bonds. The summed E-state index contributed by atoms with van der Waals surface area (Å²) in [5.41, 5.74) is 0. The predicted octanol–water partition coefficient (Wildman–Crippen LogP) is 3.34. The van der Waals surface area contributed by atoms with E-state index in [9.17, 15) is 0 Å². The minimum Gasteiger partial charge on any atom is -0.0928 e. The van der Waals surface area contributed by atoms with Crippen LogP contribution in [0, 0.1) is 0 Å². The molecule has 0 aromatic rings. The molecule has 0 aliphatic heterocycles. The molecule has 0 nitrogen and oxygen atoms in total. The van der Waals surface area contributed by atoms with Gasteiger partial charge in [0.1, 0.15) is 0 Å². The molecule has 0 rings (SSSR count). The molecule has 2 heteroatoms. The molecule has 0 unspecified atom stereocenters. The van der Waals surface area contributed by atoms with Crippen molar-refractivity contribution in [2.24, 2.45) is 0 Å². The zero-order valence-corrected chi connectivity index (χ0v) is 8.33. The highest BCUT2D eigenvalue weighted by Crippen LogP contribution is 2.08. The maximum absolute atomic E-state index is 3.49. The second-order valence-corrected chi connectivity index (χ2v) is 4.32. The Bertz CT molecular complexity index is 43.8. The van der Waals surface area contributed by atoms with E-state index in [2.05, 4.69) is 38.8 Å². The highest BCUT2D eigenvalue weighted by atomic mass is 79.9. The Hall–Kier alpha value is 0.960. The molecule has 0 heterocycles. The molecular formula is C6H12Br2. The molecule has 0 aliphatic carbocycles. The zero-order chi connectivity index (χ0) is 6.41. The van der Waals surface area contributed by atoms with E-state index in [1.165, 1.54) is 19.3 Å². The van der Waals surface area contributed by atoms with Crippen molar-refractivity contribution >= 4 is 31.9 Å². The van der Waals surface area contributed by atoms with Crippen LogP contribution in [0.2, 0.25) is 0 Å². The fraction of sp³-hybridized carbons (Fsp3) is 1.00. The first kappa shape index (κ1) is 8.96. The monoisotopic (exact) mass is 242 g/mol. The molecule has 0 aliphatic rings. The Morgan fingerprint density at radius 3 is 2.38 bits per heavy atom. The number of hydrogen-bond acceptors (Lipinski definition) is 0. The fourth-order valence-electron chi connectivity index (χ4n) is 0.520. The average molecular weight is 244 g/mol. The van der Waals surface area contributed by atoms with Crippen molar-refractivity contribution in [3.05, 3.63) is 0 Å². The first-order chi connectivity index (χ1) is 3.77. The van der Waals surface area contributed by atoms with Gasteiger partial charge in [-0.25, -0.2) is 0 Å². The van der Waals surface area contributed by atoms with Crippen molar-refractivity contribution in [3.8, 4) is 0 Å². The van der Waals surface area contributed by atoms with E-state index >= 15 is 0 Å². The summed E-state index contributed by atoms with van der Waals surface area (Å²) >= 11 is 6.87. The quantitative estimate of drug-likeness (QED) is 0.525. The number of alkyl halides is 2. The minimum absolute atomic E-state index is 0.696. The third-order valence-corrected chi connectivity index (χ3v) is 2.00. The van der Waals surface area contributed by atoms with Crippen LogP contribution in [0.25, 0.3) is 0 Å². The summed E-state index contributed by atoms with van der Waals surface area (Å²) in [7, 11) is 0. The first-order valence-corrected chi connectivity index (χ1v) is 5.01. The predicted molar refractivity (Wildman–Crippen MR) is 46.0 cm³/mol. The van der Waals surface area contributed by atoms with Crippen LogP contribution in [-0.4, -0.2) is 10.2 Å². The molecule has 8 heavy (non-hydrogen) atoms. The molecule has 0 saturated carbocycles. The molecular weight excluding hydrogens is 232 g/mol. The van der Waals surface area contributed by atoms with Gasteiger partial charge in [-0.2, -0.15) is 0 Å². The summed E-state index contributed by atoms with van der Waals surface area (Å²) in [5.74, 6) is 0. The van der Waals surface area contributed by atoms with Crippen molar-refractivity contribution in [1.82, 2.24) is 0 Å². The van der Waals surface area contributed by atoms with Crippen LogP contribution in [0.4, 0.5) is 0 Å².